The number of benzene rings is 1. The van der Waals surface area contributed by atoms with E-state index in [0.29, 0.717) is 17.3 Å². The lowest BCUT2D eigenvalue weighted by molar-refractivity contribution is 0.0539. The number of pyridine rings is 1. The summed E-state index contributed by atoms with van der Waals surface area (Å²) in [6.07, 6.45) is 5.82. The van der Waals surface area contributed by atoms with Gasteiger partial charge in [0.05, 0.1) is 36.0 Å². The smallest absolute Gasteiger partial charge is 0.261 e. The summed E-state index contributed by atoms with van der Waals surface area (Å²) in [4.78, 5) is 21.7. The summed E-state index contributed by atoms with van der Waals surface area (Å²) in [5.74, 6) is 0. The van der Waals surface area contributed by atoms with Crippen LogP contribution in [-0.4, -0.2) is 49.5 Å². The molecule has 4 rings (SSSR count). The van der Waals surface area contributed by atoms with Crippen molar-refractivity contribution in [1.82, 2.24) is 19.9 Å². The molecule has 0 aliphatic carbocycles. The van der Waals surface area contributed by atoms with Gasteiger partial charge in [0, 0.05) is 24.0 Å². The standard InChI is InChI=1S/C22H26N4O3/c1-14-8-16(15-4-2-6-23-11-15)9-18-21(14)25-13-26(22(18)29)12-17(27)10-19-20(28)5-3-7-24-19/h2,4,6,8-9,11,13,17,19-20,24,27-28H,3,5,7,10,12H2,1H3/t17?,19-,20+/m1/s1. The Hall–Kier alpha value is -2.61. The van der Waals surface area contributed by atoms with Gasteiger partial charge in [-0.05, 0) is 62.1 Å². The fraction of sp³-hybridized carbons (Fsp3) is 0.409. The second kappa shape index (κ2) is 8.41. The molecule has 3 aromatic rings. The van der Waals surface area contributed by atoms with E-state index in [9.17, 15) is 15.0 Å². The number of nitrogens with one attached hydrogen (secondary N) is 1. The van der Waals surface area contributed by atoms with Crippen molar-refractivity contribution in [3.05, 3.63) is 58.9 Å². The van der Waals surface area contributed by atoms with Gasteiger partial charge in [-0.3, -0.25) is 14.3 Å². The van der Waals surface area contributed by atoms with E-state index in [1.54, 1.807) is 12.4 Å². The normalized spacial score (nSPS) is 20.7. The summed E-state index contributed by atoms with van der Waals surface area (Å²) in [6, 6.07) is 7.50. The van der Waals surface area contributed by atoms with Gasteiger partial charge in [0.2, 0.25) is 0 Å². The van der Waals surface area contributed by atoms with Gasteiger partial charge in [0.25, 0.3) is 5.56 Å². The number of nitrogens with zero attached hydrogens (tertiary/aromatic N) is 3. The molecule has 1 unspecified atom stereocenters. The first-order chi connectivity index (χ1) is 14.0. The highest BCUT2D eigenvalue weighted by molar-refractivity contribution is 5.86. The number of hydrogen-bond donors (Lipinski definition) is 3. The number of aliphatic hydroxyl groups excluding tert-OH is 2. The van der Waals surface area contributed by atoms with Gasteiger partial charge < -0.3 is 15.5 Å². The van der Waals surface area contributed by atoms with Crippen molar-refractivity contribution in [3.63, 3.8) is 0 Å². The first-order valence-corrected chi connectivity index (χ1v) is 10.0. The molecule has 0 amide bonds. The second-order valence-corrected chi connectivity index (χ2v) is 7.79. The Bertz CT molecular complexity index is 1050. The summed E-state index contributed by atoms with van der Waals surface area (Å²) in [5.41, 5.74) is 3.25. The maximum atomic E-state index is 13.1. The summed E-state index contributed by atoms with van der Waals surface area (Å²) in [7, 11) is 0. The molecule has 1 aliphatic rings. The Morgan fingerprint density at radius 2 is 2.21 bits per heavy atom. The van der Waals surface area contributed by atoms with Crippen molar-refractivity contribution < 1.29 is 10.2 Å². The molecule has 152 valence electrons. The molecule has 29 heavy (non-hydrogen) atoms. The molecular weight excluding hydrogens is 368 g/mol. The van der Waals surface area contributed by atoms with E-state index >= 15 is 0 Å². The zero-order valence-corrected chi connectivity index (χ0v) is 16.5. The SMILES string of the molecule is Cc1cc(-c2cccnc2)cc2c(=O)n(CC(O)C[C@H]3NCCC[C@@H]3O)cnc12. The highest BCUT2D eigenvalue weighted by Crippen LogP contribution is 2.24. The summed E-state index contributed by atoms with van der Waals surface area (Å²) < 4.78 is 1.45. The fourth-order valence-electron chi connectivity index (χ4n) is 4.05. The first-order valence-electron chi connectivity index (χ1n) is 10.0. The number of aromatic nitrogens is 3. The van der Waals surface area contributed by atoms with E-state index in [4.69, 9.17) is 0 Å². The van der Waals surface area contributed by atoms with Gasteiger partial charge in [-0.25, -0.2) is 4.98 Å². The third kappa shape index (κ3) is 4.22. The van der Waals surface area contributed by atoms with Crippen LogP contribution in [0.15, 0.2) is 47.8 Å². The predicted molar refractivity (Wildman–Crippen MR) is 112 cm³/mol. The van der Waals surface area contributed by atoms with Crippen LogP contribution in [0.3, 0.4) is 0 Å². The van der Waals surface area contributed by atoms with Gasteiger partial charge in [-0.2, -0.15) is 0 Å². The molecule has 7 heteroatoms. The number of aliphatic hydroxyl groups is 2. The van der Waals surface area contributed by atoms with E-state index in [1.807, 2.05) is 31.2 Å². The third-order valence-corrected chi connectivity index (χ3v) is 5.59. The zero-order chi connectivity index (χ0) is 20.4. The zero-order valence-electron chi connectivity index (χ0n) is 16.5. The summed E-state index contributed by atoms with van der Waals surface area (Å²) in [6.45, 7) is 2.91. The van der Waals surface area contributed by atoms with Crippen LogP contribution in [0.1, 0.15) is 24.8 Å². The third-order valence-electron chi connectivity index (χ3n) is 5.59. The Kier molecular flexibility index (Phi) is 5.71. The van der Waals surface area contributed by atoms with E-state index in [1.165, 1.54) is 10.9 Å². The van der Waals surface area contributed by atoms with Crippen LogP contribution in [0.4, 0.5) is 0 Å². The molecule has 1 saturated heterocycles. The number of aryl methyl sites for hydroxylation is 1. The Labute approximate surface area is 169 Å². The maximum Gasteiger partial charge on any atom is 0.261 e. The van der Waals surface area contributed by atoms with Crippen LogP contribution in [0.2, 0.25) is 0 Å². The van der Waals surface area contributed by atoms with E-state index < -0.39 is 12.2 Å². The highest BCUT2D eigenvalue weighted by Gasteiger charge is 2.25. The van der Waals surface area contributed by atoms with Crippen molar-refractivity contribution in [3.8, 4) is 11.1 Å². The van der Waals surface area contributed by atoms with Crippen LogP contribution in [-0.2, 0) is 6.54 Å². The second-order valence-electron chi connectivity index (χ2n) is 7.79. The first kappa shape index (κ1) is 19.7. The van der Waals surface area contributed by atoms with Crippen molar-refractivity contribution in [2.75, 3.05) is 6.54 Å². The Morgan fingerprint density at radius 3 is 2.97 bits per heavy atom. The van der Waals surface area contributed by atoms with Crippen LogP contribution >= 0.6 is 0 Å². The monoisotopic (exact) mass is 394 g/mol. The Morgan fingerprint density at radius 1 is 1.34 bits per heavy atom. The summed E-state index contributed by atoms with van der Waals surface area (Å²) >= 11 is 0. The average molecular weight is 394 g/mol. The maximum absolute atomic E-state index is 13.1. The average Bonchev–Trinajstić information content (AvgIpc) is 2.72. The molecule has 3 heterocycles. The summed E-state index contributed by atoms with van der Waals surface area (Å²) in [5, 5.41) is 24.4. The molecule has 3 atom stereocenters. The molecule has 7 nitrogen and oxygen atoms in total. The molecule has 0 bridgehead atoms. The minimum absolute atomic E-state index is 0.142. The minimum Gasteiger partial charge on any atom is -0.392 e. The molecule has 0 saturated carbocycles. The number of fused-ring (bicyclic) bond motifs is 1. The lowest BCUT2D eigenvalue weighted by Gasteiger charge is -2.30. The molecule has 0 spiro atoms. The molecule has 1 fully saturated rings. The van der Waals surface area contributed by atoms with Crippen molar-refractivity contribution in [2.24, 2.45) is 0 Å². The van der Waals surface area contributed by atoms with Gasteiger partial charge in [-0.15, -0.1) is 0 Å². The van der Waals surface area contributed by atoms with Crippen molar-refractivity contribution in [2.45, 2.75) is 51.0 Å². The van der Waals surface area contributed by atoms with Gasteiger partial charge in [-0.1, -0.05) is 6.07 Å². The van der Waals surface area contributed by atoms with Crippen LogP contribution in [0.5, 0.6) is 0 Å². The molecule has 0 radical (unpaired) electrons. The number of hydrogen-bond acceptors (Lipinski definition) is 6. The van der Waals surface area contributed by atoms with Crippen LogP contribution in [0.25, 0.3) is 22.0 Å². The molecule has 2 aromatic heterocycles. The minimum atomic E-state index is -0.750. The Balaban J connectivity index is 1.62. The van der Waals surface area contributed by atoms with Crippen molar-refractivity contribution in [1.29, 1.82) is 0 Å². The lowest BCUT2D eigenvalue weighted by Crippen LogP contribution is -2.47. The quantitative estimate of drug-likeness (QED) is 0.608. The van der Waals surface area contributed by atoms with Crippen LogP contribution < -0.4 is 10.9 Å². The highest BCUT2D eigenvalue weighted by atomic mass is 16.3. The fourth-order valence-corrected chi connectivity index (χ4v) is 4.05. The molecular formula is C22H26N4O3. The molecule has 3 N–H and O–H groups in total. The van der Waals surface area contributed by atoms with Gasteiger partial charge in [0.15, 0.2) is 0 Å². The predicted octanol–water partition coefficient (Wildman–Crippen LogP) is 1.63. The lowest BCUT2D eigenvalue weighted by atomic mass is 9.96. The van der Waals surface area contributed by atoms with Gasteiger partial charge >= 0.3 is 0 Å². The van der Waals surface area contributed by atoms with Crippen molar-refractivity contribution >= 4 is 10.9 Å². The van der Waals surface area contributed by atoms with Crippen LogP contribution in [0, 0.1) is 6.92 Å². The molecule has 1 aromatic carbocycles. The number of rotatable bonds is 5. The number of piperidine rings is 1. The molecule has 1 aliphatic heterocycles. The largest absolute Gasteiger partial charge is 0.392 e. The van der Waals surface area contributed by atoms with E-state index in [2.05, 4.69) is 15.3 Å². The van der Waals surface area contributed by atoms with Gasteiger partial charge in [0.1, 0.15) is 0 Å². The topological polar surface area (TPSA) is 100 Å². The van der Waals surface area contributed by atoms with E-state index in [0.717, 1.165) is 36.1 Å². The van der Waals surface area contributed by atoms with E-state index in [-0.39, 0.29) is 18.1 Å².